The first-order valence-electron chi connectivity index (χ1n) is 8.56. The van der Waals surface area contributed by atoms with Crippen LogP contribution < -0.4 is 15.8 Å². The fourth-order valence-electron chi connectivity index (χ4n) is 2.43. The molecule has 3 N–H and O–H groups in total. The number of aromatic nitrogens is 2. The number of aryl methyl sites for hydroxylation is 1. The number of nitrogens with zero attached hydrogens (tertiary/aromatic N) is 2. The number of hydrogen-bond acceptors (Lipinski definition) is 7. The molecular formula is C20H19ClN4O3. The van der Waals surface area contributed by atoms with Gasteiger partial charge in [0.05, 0.1) is 12.2 Å². The van der Waals surface area contributed by atoms with E-state index in [4.69, 9.17) is 26.8 Å². The van der Waals surface area contributed by atoms with E-state index in [1.54, 1.807) is 49.4 Å². The summed E-state index contributed by atoms with van der Waals surface area (Å²) in [5.74, 6) is 0.726. The minimum absolute atomic E-state index is 0.209. The number of carbonyl (C=O) groups excluding carboxylic acids is 1. The number of nitrogens with two attached hydrogens (primary N) is 1. The molecule has 0 saturated carbocycles. The summed E-state index contributed by atoms with van der Waals surface area (Å²) in [4.78, 5) is 20.1. The van der Waals surface area contributed by atoms with Crippen molar-refractivity contribution in [2.75, 3.05) is 17.7 Å². The van der Waals surface area contributed by atoms with Crippen LogP contribution in [0.2, 0.25) is 5.02 Å². The van der Waals surface area contributed by atoms with E-state index in [1.165, 1.54) is 6.33 Å². The predicted molar refractivity (Wildman–Crippen MR) is 108 cm³/mol. The lowest BCUT2D eigenvalue weighted by molar-refractivity contribution is 0.0526. The Kier molecular flexibility index (Phi) is 5.96. The van der Waals surface area contributed by atoms with Gasteiger partial charge in [-0.3, -0.25) is 0 Å². The van der Waals surface area contributed by atoms with Crippen molar-refractivity contribution in [3.05, 3.63) is 64.9 Å². The number of halogens is 1. The monoisotopic (exact) mass is 398 g/mol. The first-order chi connectivity index (χ1) is 13.5. The van der Waals surface area contributed by atoms with Gasteiger partial charge in [-0.1, -0.05) is 17.7 Å². The van der Waals surface area contributed by atoms with E-state index in [2.05, 4.69) is 15.3 Å². The Morgan fingerprint density at radius 1 is 1.21 bits per heavy atom. The maximum Gasteiger partial charge on any atom is 0.338 e. The minimum Gasteiger partial charge on any atom is -0.462 e. The zero-order valence-electron chi connectivity index (χ0n) is 15.4. The molecule has 3 aromatic rings. The summed E-state index contributed by atoms with van der Waals surface area (Å²) in [6.07, 6.45) is 1.34. The number of benzene rings is 2. The number of ether oxygens (including phenoxy) is 2. The van der Waals surface area contributed by atoms with E-state index >= 15 is 0 Å². The Morgan fingerprint density at radius 2 is 2.04 bits per heavy atom. The van der Waals surface area contributed by atoms with Crippen LogP contribution in [0.5, 0.6) is 11.6 Å². The van der Waals surface area contributed by atoms with E-state index in [1.807, 2.05) is 6.92 Å². The first-order valence-corrected chi connectivity index (χ1v) is 8.94. The number of nitrogens with one attached hydrogen (secondary N) is 1. The summed E-state index contributed by atoms with van der Waals surface area (Å²) in [6, 6.07) is 12.1. The molecule has 0 aliphatic rings. The van der Waals surface area contributed by atoms with Crippen molar-refractivity contribution in [1.82, 2.24) is 9.97 Å². The average molecular weight is 399 g/mol. The van der Waals surface area contributed by atoms with Gasteiger partial charge in [0.25, 0.3) is 0 Å². The normalized spacial score (nSPS) is 10.4. The molecular weight excluding hydrogens is 380 g/mol. The molecule has 144 valence electrons. The molecule has 0 atom stereocenters. The third kappa shape index (κ3) is 4.50. The molecule has 0 radical (unpaired) electrons. The van der Waals surface area contributed by atoms with E-state index in [-0.39, 0.29) is 11.6 Å². The maximum absolute atomic E-state index is 11.9. The largest absolute Gasteiger partial charge is 0.462 e. The van der Waals surface area contributed by atoms with Gasteiger partial charge in [-0.15, -0.1) is 0 Å². The number of anilines is 3. The lowest BCUT2D eigenvalue weighted by Crippen LogP contribution is -2.06. The molecule has 0 saturated heterocycles. The highest BCUT2D eigenvalue weighted by Gasteiger charge is 2.13. The molecule has 2 aromatic carbocycles. The molecule has 1 aromatic heterocycles. The highest BCUT2D eigenvalue weighted by molar-refractivity contribution is 6.31. The fraction of sp³-hybridized carbons (Fsp3) is 0.150. The second kappa shape index (κ2) is 8.58. The second-order valence-corrected chi connectivity index (χ2v) is 6.29. The SMILES string of the molecule is CCOC(=O)c1cccc(Nc2ncnc(Oc3ccc(Cl)c(C)c3)c2N)c1. The van der Waals surface area contributed by atoms with Gasteiger partial charge in [0, 0.05) is 10.7 Å². The molecule has 28 heavy (non-hydrogen) atoms. The standard InChI is InChI=1S/C20H19ClN4O3/c1-3-27-20(26)13-5-4-6-14(10-13)25-18-17(22)19(24-11-23-18)28-15-7-8-16(21)12(2)9-15/h4-11H,3,22H2,1-2H3,(H,23,24,25). The van der Waals surface area contributed by atoms with Gasteiger partial charge in [-0.05, 0) is 55.8 Å². The average Bonchev–Trinajstić information content (AvgIpc) is 2.68. The van der Waals surface area contributed by atoms with E-state index < -0.39 is 5.97 Å². The zero-order chi connectivity index (χ0) is 20.1. The molecule has 0 aliphatic carbocycles. The molecule has 3 rings (SSSR count). The van der Waals surface area contributed by atoms with Crippen LogP contribution in [0.3, 0.4) is 0 Å². The van der Waals surface area contributed by atoms with Crippen LogP contribution in [0.25, 0.3) is 0 Å². The zero-order valence-corrected chi connectivity index (χ0v) is 16.2. The van der Waals surface area contributed by atoms with Gasteiger partial charge >= 0.3 is 5.97 Å². The lowest BCUT2D eigenvalue weighted by atomic mass is 10.2. The molecule has 7 nitrogen and oxygen atoms in total. The third-order valence-corrected chi connectivity index (χ3v) is 4.25. The van der Waals surface area contributed by atoms with Crippen LogP contribution in [0.1, 0.15) is 22.8 Å². The van der Waals surface area contributed by atoms with Crippen molar-refractivity contribution < 1.29 is 14.3 Å². The van der Waals surface area contributed by atoms with E-state index in [0.717, 1.165) is 5.56 Å². The predicted octanol–water partition coefficient (Wildman–Crippen LogP) is 4.73. The molecule has 8 heteroatoms. The van der Waals surface area contributed by atoms with Crippen LogP contribution >= 0.6 is 11.6 Å². The van der Waals surface area contributed by atoms with Crippen molar-refractivity contribution >= 4 is 34.8 Å². The number of hydrogen-bond donors (Lipinski definition) is 2. The number of rotatable bonds is 6. The fourth-order valence-corrected chi connectivity index (χ4v) is 2.55. The topological polar surface area (TPSA) is 99.4 Å². The minimum atomic E-state index is -0.399. The van der Waals surface area contributed by atoms with Crippen molar-refractivity contribution in [1.29, 1.82) is 0 Å². The molecule has 0 spiro atoms. The van der Waals surface area contributed by atoms with Crippen LogP contribution in [-0.2, 0) is 4.74 Å². The smallest absolute Gasteiger partial charge is 0.338 e. The Bertz CT molecular complexity index is 1010. The molecule has 0 bridgehead atoms. The Labute approximate surface area is 167 Å². The van der Waals surface area contributed by atoms with Crippen LogP contribution in [-0.4, -0.2) is 22.5 Å². The van der Waals surface area contributed by atoms with Crippen molar-refractivity contribution in [2.24, 2.45) is 0 Å². The van der Waals surface area contributed by atoms with E-state index in [9.17, 15) is 4.79 Å². The summed E-state index contributed by atoms with van der Waals surface area (Å²) >= 11 is 6.04. The van der Waals surface area contributed by atoms with Gasteiger partial charge < -0.3 is 20.5 Å². The Morgan fingerprint density at radius 3 is 2.79 bits per heavy atom. The molecule has 0 unspecified atom stereocenters. The quantitative estimate of drug-likeness (QED) is 0.579. The summed E-state index contributed by atoms with van der Waals surface area (Å²) in [5, 5.41) is 3.72. The van der Waals surface area contributed by atoms with E-state index in [0.29, 0.717) is 34.4 Å². The number of nitrogen functional groups attached to an aromatic ring is 1. The summed E-state index contributed by atoms with van der Waals surface area (Å²) < 4.78 is 10.8. The Balaban J connectivity index is 1.82. The number of carbonyl (C=O) groups is 1. The second-order valence-electron chi connectivity index (χ2n) is 5.88. The van der Waals surface area contributed by atoms with Gasteiger partial charge in [-0.2, -0.15) is 4.98 Å². The highest BCUT2D eigenvalue weighted by Crippen LogP contribution is 2.32. The van der Waals surface area contributed by atoms with Gasteiger partial charge in [0.1, 0.15) is 17.8 Å². The highest BCUT2D eigenvalue weighted by atomic mass is 35.5. The van der Waals surface area contributed by atoms with Crippen molar-refractivity contribution in [2.45, 2.75) is 13.8 Å². The van der Waals surface area contributed by atoms with Gasteiger partial charge in [-0.25, -0.2) is 9.78 Å². The lowest BCUT2D eigenvalue weighted by Gasteiger charge is -2.13. The van der Waals surface area contributed by atoms with Crippen LogP contribution in [0.15, 0.2) is 48.8 Å². The summed E-state index contributed by atoms with van der Waals surface area (Å²) in [5.41, 5.74) is 8.32. The van der Waals surface area contributed by atoms with Crippen molar-refractivity contribution in [3.8, 4) is 11.6 Å². The van der Waals surface area contributed by atoms with Crippen LogP contribution in [0, 0.1) is 6.92 Å². The number of esters is 1. The maximum atomic E-state index is 11.9. The summed E-state index contributed by atoms with van der Waals surface area (Å²) in [7, 11) is 0. The van der Waals surface area contributed by atoms with Crippen molar-refractivity contribution in [3.63, 3.8) is 0 Å². The van der Waals surface area contributed by atoms with Crippen LogP contribution in [0.4, 0.5) is 17.2 Å². The van der Waals surface area contributed by atoms with Gasteiger partial charge in [0.15, 0.2) is 5.82 Å². The summed E-state index contributed by atoms with van der Waals surface area (Å²) in [6.45, 7) is 3.94. The Hall–Kier alpha value is -3.32. The molecule has 0 aliphatic heterocycles. The molecule has 1 heterocycles. The molecule has 0 amide bonds. The van der Waals surface area contributed by atoms with Gasteiger partial charge in [0.2, 0.25) is 5.88 Å². The third-order valence-electron chi connectivity index (χ3n) is 3.83. The molecule has 0 fully saturated rings. The first kappa shape index (κ1) is 19.4.